The first-order valence-electron chi connectivity index (χ1n) is 9.00. The first-order chi connectivity index (χ1) is 13.8. The number of nitrogens with zero attached hydrogens (tertiary/aromatic N) is 1. The van der Waals surface area contributed by atoms with Crippen molar-refractivity contribution < 1.29 is 10.2 Å². The van der Waals surface area contributed by atoms with E-state index in [1.807, 2.05) is 24.3 Å². The number of nitrogens with one attached hydrogen (secondary N) is 1. The summed E-state index contributed by atoms with van der Waals surface area (Å²) in [4.78, 5) is 4.52. The molecule has 1 aromatic carbocycles. The lowest BCUT2D eigenvalue weighted by Gasteiger charge is -2.22. The summed E-state index contributed by atoms with van der Waals surface area (Å²) in [5.41, 5.74) is 2.44. The lowest BCUT2D eigenvalue weighted by molar-refractivity contribution is 0.199. The Balaban J connectivity index is 1.65. The number of hydrogen-bond acceptors (Lipinski definition) is 4. The van der Waals surface area contributed by atoms with Crippen LogP contribution in [0.2, 0.25) is 0 Å². The van der Waals surface area contributed by atoms with Crippen molar-refractivity contribution in [3.05, 3.63) is 74.8 Å². The number of halogens is 4. The summed E-state index contributed by atoms with van der Waals surface area (Å²) >= 11 is 24.2. The number of benzene rings is 1. The molecule has 3 rings (SSSR count). The Morgan fingerprint density at radius 3 is 2.48 bits per heavy atom. The van der Waals surface area contributed by atoms with Gasteiger partial charge in [-0.3, -0.25) is 4.99 Å². The largest absolute Gasteiger partial charge is 0.387 e. The van der Waals surface area contributed by atoms with E-state index in [1.54, 1.807) is 24.4 Å². The molecule has 0 fully saturated rings. The van der Waals surface area contributed by atoms with Gasteiger partial charge < -0.3 is 15.5 Å². The van der Waals surface area contributed by atoms with Crippen LogP contribution in [0.4, 0.5) is 5.69 Å². The summed E-state index contributed by atoms with van der Waals surface area (Å²) in [7, 11) is 0. The number of aliphatic hydroxyl groups is 2. The van der Waals surface area contributed by atoms with E-state index in [2.05, 4.69) is 10.3 Å². The summed E-state index contributed by atoms with van der Waals surface area (Å²) in [5, 5.41) is 24.4. The quantitative estimate of drug-likeness (QED) is 0.412. The van der Waals surface area contributed by atoms with Crippen molar-refractivity contribution in [1.29, 1.82) is 0 Å². The number of allylic oxidation sites excluding steroid dienone is 4. The van der Waals surface area contributed by atoms with Crippen LogP contribution >= 0.6 is 46.4 Å². The highest BCUT2D eigenvalue weighted by molar-refractivity contribution is 6.35. The van der Waals surface area contributed by atoms with Crippen LogP contribution in [0.1, 0.15) is 5.56 Å². The molecular weight excluding hydrogens is 454 g/mol. The smallest absolute Gasteiger partial charge is 0.101 e. The molecule has 3 N–H and O–H groups in total. The van der Waals surface area contributed by atoms with Gasteiger partial charge in [0.2, 0.25) is 0 Å². The van der Waals surface area contributed by atoms with Crippen LogP contribution in [0.25, 0.3) is 0 Å². The van der Waals surface area contributed by atoms with Crippen molar-refractivity contribution in [2.75, 3.05) is 6.54 Å². The zero-order valence-electron chi connectivity index (χ0n) is 15.3. The maximum atomic E-state index is 10.2. The van der Waals surface area contributed by atoms with E-state index in [0.717, 1.165) is 16.8 Å². The van der Waals surface area contributed by atoms with Crippen LogP contribution in [0.15, 0.2) is 74.2 Å². The predicted molar refractivity (Wildman–Crippen MR) is 121 cm³/mol. The number of rotatable bonds is 6. The fourth-order valence-corrected chi connectivity index (χ4v) is 4.28. The van der Waals surface area contributed by atoms with Crippen molar-refractivity contribution in [2.24, 2.45) is 10.9 Å². The SMILES string of the molecule is OC1C(CNCc2ccccc2N=CC2C=C(Cl)C=C(Cl)C2O)=CC(Cl)=CC1Cl. The number of aliphatic hydroxyl groups excluding tert-OH is 2. The lowest BCUT2D eigenvalue weighted by atomic mass is 9.98. The van der Waals surface area contributed by atoms with Crippen LogP contribution in [-0.4, -0.2) is 40.6 Å². The van der Waals surface area contributed by atoms with Crippen LogP contribution in [0, 0.1) is 5.92 Å². The van der Waals surface area contributed by atoms with Crippen molar-refractivity contribution in [3.63, 3.8) is 0 Å². The molecule has 8 heteroatoms. The molecule has 0 radical (unpaired) electrons. The molecular formula is C21H20Cl4N2O2. The Morgan fingerprint density at radius 1 is 0.966 bits per heavy atom. The lowest BCUT2D eigenvalue weighted by Crippen LogP contribution is -2.30. The van der Waals surface area contributed by atoms with Crippen LogP contribution < -0.4 is 5.32 Å². The minimum atomic E-state index is -0.866. The molecule has 154 valence electrons. The van der Waals surface area contributed by atoms with E-state index >= 15 is 0 Å². The second-order valence-corrected chi connectivity index (χ2v) is 8.59. The molecule has 0 heterocycles. The van der Waals surface area contributed by atoms with Crippen molar-refractivity contribution in [1.82, 2.24) is 5.32 Å². The van der Waals surface area contributed by atoms with Gasteiger partial charge in [0.05, 0.1) is 17.2 Å². The minimum Gasteiger partial charge on any atom is -0.387 e. The van der Waals surface area contributed by atoms with E-state index < -0.39 is 23.5 Å². The zero-order chi connectivity index (χ0) is 21.0. The predicted octanol–water partition coefficient (Wildman–Crippen LogP) is 4.75. The second kappa shape index (κ2) is 10.3. The third kappa shape index (κ3) is 5.96. The van der Waals surface area contributed by atoms with Gasteiger partial charge in [0.15, 0.2) is 0 Å². The second-order valence-electron chi connectivity index (χ2n) is 6.77. The highest BCUT2D eigenvalue weighted by Crippen LogP contribution is 2.28. The third-order valence-electron chi connectivity index (χ3n) is 4.62. The first kappa shape index (κ1) is 22.6. The van der Waals surface area contributed by atoms with E-state index in [1.165, 1.54) is 6.08 Å². The van der Waals surface area contributed by atoms with E-state index in [0.29, 0.717) is 23.2 Å². The zero-order valence-corrected chi connectivity index (χ0v) is 18.3. The normalized spacial score (nSPS) is 27.4. The Kier molecular flexibility index (Phi) is 7.99. The van der Waals surface area contributed by atoms with Crippen LogP contribution in [-0.2, 0) is 6.54 Å². The Labute approximate surface area is 189 Å². The van der Waals surface area contributed by atoms with Crippen molar-refractivity contribution in [2.45, 2.75) is 24.1 Å². The van der Waals surface area contributed by atoms with Gasteiger partial charge in [-0.15, -0.1) is 11.6 Å². The number of para-hydroxylation sites is 1. The third-order valence-corrected chi connectivity index (χ3v) is 5.79. The highest BCUT2D eigenvalue weighted by Gasteiger charge is 2.24. The summed E-state index contributed by atoms with van der Waals surface area (Å²) < 4.78 is 0. The molecule has 2 aliphatic rings. The average molecular weight is 474 g/mol. The minimum absolute atomic E-state index is 0.286. The summed E-state index contributed by atoms with van der Waals surface area (Å²) in [6, 6.07) is 7.65. The molecule has 4 unspecified atom stereocenters. The average Bonchev–Trinajstić information content (AvgIpc) is 2.68. The highest BCUT2D eigenvalue weighted by atomic mass is 35.5. The van der Waals surface area contributed by atoms with E-state index in [9.17, 15) is 10.2 Å². The summed E-state index contributed by atoms with van der Waals surface area (Å²) in [6.45, 7) is 0.961. The maximum absolute atomic E-state index is 10.2. The molecule has 0 bridgehead atoms. The maximum Gasteiger partial charge on any atom is 0.101 e. The molecule has 0 saturated carbocycles. The number of aliphatic imine (C=N–C) groups is 1. The van der Waals surface area contributed by atoms with Crippen LogP contribution in [0.5, 0.6) is 0 Å². The fourth-order valence-electron chi connectivity index (χ4n) is 3.06. The monoisotopic (exact) mass is 472 g/mol. The molecule has 1 aromatic rings. The molecule has 4 nitrogen and oxygen atoms in total. The van der Waals surface area contributed by atoms with Gasteiger partial charge in [0.25, 0.3) is 0 Å². The number of hydrogen-bond donors (Lipinski definition) is 3. The van der Waals surface area contributed by atoms with Gasteiger partial charge in [-0.2, -0.15) is 0 Å². The van der Waals surface area contributed by atoms with E-state index in [4.69, 9.17) is 46.4 Å². The van der Waals surface area contributed by atoms with Gasteiger partial charge in [-0.05, 0) is 35.4 Å². The van der Waals surface area contributed by atoms with Gasteiger partial charge in [-0.25, -0.2) is 0 Å². The van der Waals surface area contributed by atoms with Crippen molar-refractivity contribution >= 4 is 58.3 Å². The number of alkyl halides is 1. The van der Waals surface area contributed by atoms with E-state index in [-0.39, 0.29) is 5.03 Å². The molecule has 0 aromatic heterocycles. The summed E-state index contributed by atoms with van der Waals surface area (Å²) in [5.74, 6) is -0.404. The Bertz CT molecular complexity index is 908. The topological polar surface area (TPSA) is 64.8 Å². The summed E-state index contributed by atoms with van der Waals surface area (Å²) in [6.07, 6.45) is 6.56. The molecule has 29 heavy (non-hydrogen) atoms. The Morgan fingerprint density at radius 2 is 1.69 bits per heavy atom. The standard InChI is InChI=1S/C21H20Cl4N2O2/c22-15-5-13(20(28)17(24)7-15)10-26-9-12-3-1-2-4-19(12)27-11-14-6-16(23)8-18(25)21(14)29/h1-8,11,14,17,20-21,26,28-29H,9-10H2. The van der Waals surface area contributed by atoms with Gasteiger partial charge in [-0.1, -0.05) is 59.1 Å². The first-order valence-corrected chi connectivity index (χ1v) is 10.6. The molecule has 2 aliphatic carbocycles. The van der Waals surface area contributed by atoms with Gasteiger partial charge >= 0.3 is 0 Å². The van der Waals surface area contributed by atoms with Gasteiger partial charge in [0, 0.05) is 40.3 Å². The van der Waals surface area contributed by atoms with Crippen molar-refractivity contribution in [3.8, 4) is 0 Å². The molecule has 0 spiro atoms. The van der Waals surface area contributed by atoms with Crippen LogP contribution in [0.3, 0.4) is 0 Å². The fraction of sp³-hybridized carbons (Fsp3) is 0.286. The molecule has 0 aliphatic heterocycles. The Hall–Kier alpha value is -1.11. The molecule has 4 atom stereocenters. The van der Waals surface area contributed by atoms with Gasteiger partial charge in [0.1, 0.15) is 6.10 Å². The molecule has 0 amide bonds. The molecule has 0 saturated heterocycles.